The first kappa shape index (κ1) is 22.3. The number of carbonyl (C=O) groups excluding carboxylic acids is 2. The van der Waals surface area contributed by atoms with E-state index in [-0.39, 0.29) is 12.8 Å². The lowest BCUT2D eigenvalue weighted by atomic mass is 10.0. The Balaban J connectivity index is 1.71. The Morgan fingerprint density at radius 3 is 2.57 bits per heavy atom. The van der Waals surface area contributed by atoms with E-state index in [0.29, 0.717) is 14.9 Å². The van der Waals surface area contributed by atoms with E-state index in [0.717, 1.165) is 37.3 Å². The standard InChI is InChI=1S/C21H24ClN3O4S/c1-25-10-8-13-2-3-15(12-14(13)9-11-25)23-20(28)16(4-7-19(26)27)24-21(29)17-5-6-18(22)30-17/h2-3,5-6,12,16H,4,7-11H2,1H3,(H,23,28)(H,24,29)(H,26,27). The molecule has 30 heavy (non-hydrogen) atoms. The maximum Gasteiger partial charge on any atom is 0.303 e. The predicted octanol–water partition coefficient (Wildman–Crippen LogP) is 3.03. The van der Waals surface area contributed by atoms with E-state index in [9.17, 15) is 14.4 Å². The Labute approximate surface area is 184 Å². The quantitative estimate of drug-likeness (QED) is 0.603. The number of anilines is 1. The highest BCUT2D eigenvalue weighted by Gasteiger charge is 2.23. The summed E-state index contributed by atoms with van der Waals surface area (Å²) in [6.45, 7) is 1.94. The van der Waals surface area contributed by atoms with Gasteiger partial charge in [-0.3, -0.25) is 14.4 Å². The third kappa shape index (κ3) is 6.04. The Bertz CT molecular complexity index is 946. The zero-order valence-electron chi connectivity index (χ0n) is 16.6. The SMILES string of the molecule is CN1CCc2ccc(NC(=O)C(CCC(=O)O)NC(=O)c3ccc(Cl)s3)cc2CC1. The number of amides is 2. The molecule has 0 saturated carbocycles. The molecule has 0 saturated heterocycles. The van der Waals surface area contributed by atoms with Gasteiger partial charge in [0.25, 0.3) is 5.91 Å². The second-order valence-corrected chi connectivity index (χ2v) is 9.05. The van der Waals surface area contributed by atoms with Crippen LogP contribution in [0.5, 0.6) is 0 Å². The van der Waals surface area contributed by atoms with E-state index < -0.39 is 23.8 Å². The van der Waals surface area contributed by atoms with Crippen LogP contribution in [0.25, 0.3) is 0 Å². The number of fused-ring (bicyclic) bond motifs is 1. The number of carbonyl (C=O) groups is 3. The smallest absolute Gasteiger partial charge is 0.303 e. The highest BCUT2D eigenvalue weighted by atomic mass is 35.5. The van der Waals surface area contributed by atoms with Crippen LogP contribution in [0.15, 0.2) is 30.3 Å². The van der Waals surface area contributed by atoms with E-state index >= 15 is 0 Å². The van der Waals surface area contributed by atoms with Gasteiger partial charge >= 0.3 is 5.97 Å². The van der Waals surface area contributed by atoms with Crippen LogP contribution in [0.3, 0.4) is 0 Å². The lowest BCUT2D eigenvalue weighted by Gasteiger charge is -2.18. The van der Waals surface area contributed by atoms with E-state index in [1.807, 2.05) is 18.2 Å². The van der Waals surface area contributed by atoms with Gasteiger partial charge in [-0.25, -0.2) is 0 Å². The van der Waals surface area contributed by atoms with Gasteiger partial charge in [-0.05, 0) is 61.7 Å². The van der Waals surface area contributed by atoms with Crippen molar-refractivity contribution in [2.45, 2.75) is 31.7 Å². The number of likely N-dealkylation sites (N-methyl/N-ethyl adjacent to an activating group) is 1. The van der Waals surface area contributed by atoms with Gasteiger partial charge in [0.15, 0.2) is 0 Å². The Morgan fingerprint density at radius 2 is 1.90 bits per heavy atom. The normalized spacial score (nSPS) is 15.0. The molecule has 1 aliphatic rings. The minimum atomic E-state index is -1.03. The van der Waals surface area contributed by atoms with Crippen molar-refractivity contribution in [3.63, 3.8) is 0 Å². The number of carboxylic acids is 1. The van der Waals surface area contributed by atoms with Gasteiger partial charge in [-0.15, -0.1) is 11.3 Å². The molecule has 0 aliphatic carbocycles. The minimum absolute atomic E-state index is 0.0122. The van der Waals surface area contributed by atoms with Gasteiger partial charge < -0.3 is 20.6 Å². The summed E-state index contributed by atoms with van der Waals surface area (Å²) in [5, 5.41) is 14.5. The van der Waals surface area contributed by atoms with Gasteiger partial charge in [-0.1, -0.05) is 17.7 Å². The van der Waals surface area contributed by atoms with Crippen molar-refractivity contribution in [3.05, 3.63) is 50.7 Å². The van der Waals surface area contributed by atoms with Crippen LogP contribution in [0.1, 0.15) is 33.6 Å². The van der Waals surface area contributed by atoms with Crippen LogP contribution in [-0.4, -0.2) is 54.0 Å². The largest absolute Gasteiger partial charge is 0.481 e. The molecule has 1 unspecified atom stereocenters. The number of rotatable bonds is 7. The molecular formula is C21H24ClN3O4S. The number of carboxylic acid groups (broad SMARTS) is 1. The number of nitrogens with zero attached hydrogens (tertiary/aromatic N) is 1. The van der Waals surface area contributed by atoms with Crippen LogP contribution < -0.4 is 10.6 Å². The predicted molar refractivity (Wildman–Crippen MR) is 117 cm³/mol. The molecule has 2 heterocycles. The van der Waals surface area contributed by atoms with Crippen molar-refractivity contribution < 1.29 is 19.5 Å². The summed E-state index contributed by atoms with van der Waals surface area (Å²) >= 11 is 6.97. The molecule has 0 bridgehead atoms. The fraction of sp³-hybridized carbons (Fsp3) is 0.381. The second-order valence-electron chi connectivity index (χ2n) is 7.34. The topological polar surface area (TPSA) is 98.7 Å². The van der Waals surface area contributed by atoms with Crippen molar-refractivity contribution >= 4 is 46.4 Å². The van der Waals surface area contributed by atoms with Crippen molar-refractivity contribution in [2.75, 3.05) is 25.5 Å². The molecule has 0 spiro atoms. The first-order valence-corrected chi connectivity index (χ1v) is 10.9. The molecule has 1 aromatic carbocycles. The molecule has 1 aromatic heterocycles. The highest BCUT2D eigenvalue weighted by Crippen LogP contribution is 2.22. The molecule has 1 atom stereocenters. The summed E-state index contributed by atoms with van der Waals surface area (Å²) in [5.74, 6) is -1.93. The van der Waals surface area contributed by atoms with Gasteiger partial charge in [-0.2, -0.15) is 0 Å². The lowest BCUT2D eigenvalue weighted by Crippen LogP contribution is -2.44. The molecule has 0 radical (unpaired) electrons. The maximum absolute atomic E-state index is 12.8. The molecule has 3 N–H and O–H groups in total. The fourth-order valence-corrected chi connectivity index (χ4v) is 4.29. The highest BCUT2D eigenvalue weighted by molar-refractivity contribution is 7.18. The summed E-state index contributed by atoms with van der Waals surface area (Å²) in [4.78, 5) is 38.9. The lowest BCUT2D eigenvalue weighted by molar-refractivity contribution is -0.137. The van der Waals surface area contributed by atoms with E-state index in [1.165, 1.54) is 11.1 Å². The Hall–Kier alpha value is -2.42. The monoisotopic (exact) mass is 449 g/mol. The number of halogens is 1. The third-order valence-electron chi connectivity index (χ3n) is 5.07. The van der Waals surface area contributed by atoms with Crippen molar-refractivity contribution in [3.8, 4) is 0 Å². The second kappa shape index (κ2) is 10.1. The number of nitrogens with one attached hydrogen (secondary N) is 2. The number of hydrogen-bond acceptors (Lipinski definition) is 5. The van der Waals surface area contributed by atoms with Crippen molar-refractivity contribution in [1.29, 1.82) is 0 Å². The average Bonchev–Trinajstić information content (AvgIpc) is 3.05. The van der Waals surface area contributed by atoms with E-state index in [1.54, 1.807) is 12.1 Å². The number of aliphatic carboxylic acids is 1. The number of hydrogen-bond donors (Lipinski definition) is 3. The minimum Gasteiger partial charge on any atom is -0.481 e. The zero-order chi connectivity index (χ0) is 21.7. The average molecular weight is 450 g/mol. The summed E-state index contributed by atoms with van der Waals surface area (Å²) in [6, 6.07) is 8.01. The van der Waals surface area contributed by atoms with Crippen molar-refractivity contribution in [2.24, 2.45) is 0 Å². The molecule has 0 fully saturated rings. The van der Waals surface area contributed by atoms with Gasteiger partial charge in [0, 0.05) is 25.2 Å². The maximum atomic E-state index is 12.8. The first-order valence-electron chi connectivity index (χ1n) is 9.71. The molecule has 2 amide bonds. The molecule has 3 rings (SSSR count). The van der Waals surface area contributed by atoms with Gasteiger partial charge in [0.05, 0.1) is 9.21 Å². The van der Waals surface area contributed by atoms with Crippen LogP contribution in [0.4, 0.5) is 5.69 Å². The molecule has 2 aromatic rings. The summed E-state index contributed by atoms with van der Waals surface area (Å²) in [7, 11) is 2.09. The summed E-state index contributed by atoms with van der Waals surface area (Å²) in [5.41, 5.74) is 3.09. The van der Waals surface area contributed by atoms with Crippen molar-refractivity contribution in [1.82, 2.24) is 10.2 Å². The first-order chi connectivity index (χ1) is 14.3. The zero-order valence-corrected chi connectivity index (χ0v) is 18.2. The molecular weight excluding hydrogens is 426 g/mol. The number of thiophene rings is 1. The van der Waals surface area contributed by atoms with E-state index in [4.69, 9.17) is 16.7 Å². The summed E-state index contributed by atoms with van der Waals surface area (Å²) in [6.07, 6.45) is 1.61. The summed E-state index contributed by atoms with van der Waals surface area (Å²) < 4.78 is 0.460. The van der Waals surface area contributed by atoms with Gasteiger partial charge in [0.2, 0.25) is 5.91 Å². The third-order valence-corrected chi connectivity index (χ3v) is 6.30. The van der Waals surface area contributed by atoms with Gasteiger partial charge in [0.1, 0.15) is 6.04 Å². The molecule has 1 aliphatic heterocycles. The molecule has 7 nitrogen and oxygen atoms in total. The Morgan fingerprint density at radius 1 is 1.17 bits per heavy atom. The van der Waals surface area contributed by atoms with Crippen LogP contribution >= 0.6 is 22.9 Å². The van der Waals surface area contributed by atoms with Crippen LogP contribution in [-0.2, 0) is 22.4 Å². The Kier molecular flexibility index (Phi) is 7.47. The van der Waals surface area contributed by atoms with Crippen LogP contribution in [0.2, 0.25) is 4.34 Å². The molecule has 160 valence electrons. The van der Waals surface area contributed by atoms with E-state index in [2.05, 4.69) is 22.6 Å². The van der Waals surface area contributed by atoms with Crippen LogP contribution in [0, 0.1) is 0 Å². The fourth-order valence-electron chi connectivity index (χ4n) is 3.35. The number of benzene rings is 1. The molecule has 9 heteroatoms.